The number of rotatable bonds is 5. The van der Waals surface area contributed by atoms with Gasteiger partial charge in [0.05, 0.1) is 12.7 Å². The maximum Gasteiger partial charge on any atom is 0.313 e. The van der Waals surface area contributed by atoms with Gasteiger partial charge in [0, 0.05) is 13.0 Å². The number of ether oxygens (including phenoxy) is 2. The Balaban J connectivity index is 2.17. The molecule has 1 aliphatic rings. The Bertz CT molecular complexity index is 206. The minimum atomic E-state index is -0.435. The number of carbonyl (C=O) groups is 2. The van der Waals surface area contributed by atoms with Crippen molar-refractivity contribution in [2.75, 3.05) is 13.2 Å². The van der Waals surface area contributed by atoms with Crippen LogP contribution in [0.25, 0.3) is 0 Å². The summed E-state index contributed by atoms with van der Waals surface area (Å²) in [6, 6.07) is 0. The highest BCUT2D eigenvalue weighted by Crippen LogP contribution is 2.16. The summed E-state index contributed by atoms with van der Waals surface area (Å²) in [5.41, 5.74) is 0. The third kappa shape index (κ3) is 3.87. The molecule has 80 valence electrons. The minimum Gasteiger partial charge on any atom is -0.466 e. The number of hydrogen-bond donors (Lipinski definition) is 0. The zero-order valence-electron chi connectivity index (χ0n) is 8.45. The molecule has 4 nitrogen and oxygen atoms in total. The Morgan fingerprint density at radius 2 is 2.29 bits per heavy atom. The fourth-order valence-electron chi connectivity index (χ4n) is 1.50. The van der Waals surface area contributed by atoms with Crippen LogP contribution in [-0.4, -0.2) is 31.1 Å². The highest BCUT2D eigenvalue weighted by atomic mass is 16.5. The first kappa shape index (κ1) is 11.2. The van der Waals surface area contributed by atoms with Gasteiger partial charge < -0.3 is 9.47 Å². The van der Waals surface area contributed by atoms with Gasteiger partial charge in [0.1, 0.15) is 12.2 Å². The van der Waals surface area contributed by atoms with E-state index in [0.29, 0.717) is 13.0 Å². The Morgan fingerprint density at radius 1 is 1.50 bits per heavy atom. The number of ketones is 1. The molecule has 14 heavy (non-hydrogen) atoms. The van der Waals surface area contributed by atoms with Crippen molar-refractivity contribution in [2.45, 2.75) is 38.7 Å². The van der Waals surface area contributed by atoms with E-state index in [4.69, 9.17) is 4.74 Å². The quantitative estimate of drug-likeness (QED) is 0.492. The standard InChI is InChI=1S/C10H16O4/c1-2-13-10(12)7-8(11)6-9-4-3-5-14-9/h9H,2-7H2,1H3/t9-/m1/s1. The molecule has 0 amide bonds. The van der Waals surface area contributed by atoms with Gasteiger partial charge in [-0.15, -0.1) is 0 Å². The summed E-state index contributed by atoms with van der Waals surface area (Å²) in [7, 11) is 0. The summed E-state index contributed by atoms with van der Waals surface area (Å²) < 4.78 is 9.97. The van der Waals surface area contributed by atoms with E-state index >= 15 is 0 Å². The van der Waals surface area contributed by atoms with Crippen molar-refractivity contribution in [3.8, 4) is 0 Å². The lowest BCUT2D eigenvalue weighted by atomic mass is 10.1. The van der Waals surface area contributed by atoms with E-state index in [1.807, 2.05) is 0 Å². The van der Waals surface area contributed by atoms with E-state index < -0.39 is 5.97 Å². The molecule has 1 fully saturated rings. The SMILES string of the molecule is CCOC(=O)CC(=O)C[C@H]1CCCO1. The molecule has 0 radical (unpaired) electrons. The van der Waals surface area contributed by atoms with Crippen molar-refractivity contribution in [3.63, 3.8) is 0 Å². The van der Waals surface area contributed by atoms with Gasteiger partial charge in [-0.2, -0.15) is 0 Å². The molecule has 1 heterocycles. The van der Waals surface area contributed by atoms with Gasteiger partial charge in [0.2, 0.25) is 0 Å². The molecule has 0 aromatic heterocycles. The summed E-state index contributed by atoms with van der Waals surface area (Å²) in [4.78, 5) is 22.2. The topological polar surface area (TPSA) is 52.6 Å². The van der Waals surface area contributed by atoms with Crippen LogP contribution in [0.1, 0.15) is 32.6 Å². The second kappa shape index (κ2) is 5.75. The van der Waals surface area contributed by atoms with Gasteiger partial charge >= 0.3 is 5.97 Å². The molecule has 0 spiro atoms. The van der Waals surface area contributed by atoms with Crippen molar-refractivity contribution >= 4 is 11.8 Å². The van der Waals surface area contributed by atoms with E-state index in [1.165, 1.54) is 0 Å². The Kier molecular flexibility index (Phi) is 4.59. The lowest BCUT2D eigenvalue weighted by Gasteiger charge is -2.07. The van der Waals surface area contributed by atoms with Crippen LogP contribution in [0, 0.1) is 0 Å². The number of esters is 1. The van der Waals surface area contributed by atoms with Crippen molar-refractivity contribution in [1.29, 1.82) is 0 Å². The monoisotopic (exact) mass is 200 g/mol. The van der Waals surface area contributed by atoms with Gasteiger partial charge in [-0.25, -0.2) is 0 Å². The number of carbonyl (C=O) groups excluding carboxylic acids is 2. The molecule has 0 bridgehead atoms. The summed E-state index contributed by atoms with van der Waals surface area (Å²) in [5, 5.41) is 0. The summed E-state index contributed by atoms with van der Waals surface area (Å²) >= 11 is 0. The van der Waals surface area contributed by atoms with Gasteiger partial charge in [0.15, 0.2) is 0 Å². The smallest absolute Gasteiger partial charge is 0.313 e. The highest BCUT2D eigenvalue weighted by molar-refractivity contribution is 5.95. The highest BCUT2D eigenvalue weighted by Gasteiger charge is 2.20. The first-order chi connectivity index (χ1) is 6.72. The normalized spacial score (nSPS) is 20.8. The van der Waals surface area contributed by atoms with Crippen LogP contribution in [0.4, 0.5) is 0 Å². The fraction of sp³-hybridized carbons (Fsp3) is 0.800. The van der Waals surface area contributed by atoms with Crippen molar-refractivity contribution in [1.82, 2.24) is 0 Å². The summed E-state index contributed by atoms with van der Waals surface area (Å²) in [6.07, 6.45) is 2.19. The summed E-state index contributed by atoms with van der Waals surface area (Å²) in [6.45, 7) is 2.78. The lowest BCUT2D eigenvalue weighted by molar-refractivity contribution is -0.145. The number of hydrogen-bond acceptors (Lipinski definition) is 4. The molecular weight excluding hydrogens is 184 g/mol. The zero-order valence-corrected chi connectivity index (χ0v) is 8.45. The van der Waals surface area contributed by atoms with Crippen molar-refractivity contribution in [2.24, 2.45) is 0 Å². The molecule has 0 N–H and O–H groups in total. The van der Waals surface area contributed by atoms with Crippen LogP contribution < -0.4 is 0 Å². The van der Waals surface area contributed by atoms with Crippen LogP contribution in [-0.2, 0) is 19.1 Å². The molecule has 0 aliphatic carbocycles. The Hall–Kier alpha value is -0.900. The average molecular weight is 200 g/mol. The molecule has 0 unspecified atom stereocenters. The van der Waals surface area contributed by atoms with E-state index in [9.17, 15) is 9.59 Å². The third-order valence-corrected chi connectivity index (χ3v) is 2.13. The molecule has 4 heteroatoms. The molecule has 1 rings (SSSR count). The molecule has 0 aromatic carbocycles. The van der Waals surface area contributed by atoms with Gasteiger partial charge in [-0.05, 0) is 19.8 Å². The van der Waals surface area contributed by atoms with Crippen molar-refractivity contribution in [3.05, 3.63) is 0 Å². The lowest BCUT2D eigenvalue weighted by Crippen LogP contribution is -2.17. The predicted molar refractivity (Wildman–Crippen MR) is 49.8 cm³/mol. The third-order valence-electron chi connectivity index (χ3n) is 2.13. The summed E-state index contributed by atoms with van der Waals surface area (Å²) in [5.74, 6) is -0.522. The van der Waals surface area contributed by atoms with E-state index in [2.05, 4.69) is 4.74 Å². The Labute approximate surface area is 83.6 Å². The van der Waals surface area contributed by atoms with Crippen LogP contribution in [0.2, 0.25) is 0 Å². The second-order valence-electron chi connectivity index (χ2n) is 3.36. The first-order valence-corrected chi connectivity index (χ1v) is 5.01. The van der Waals surface area contributed by atoms with Crippen LogP contribution >= 0.6 is 0 Å². The number of Topliss-reactive ketones (excluding diaryl/α,β-unsaturated/α-hetero) is 1. The minimum absolute atomic E-state index is 0.0249. The van der Waals surface area contributed by atoms with E-state index in [-0.39, 0.29) is 18.3 Å². The molecule has 0 aromatic rings. The molecule has 1 atom stereocenters. The first-order valence-electron chi connectivity index (χ1n) is 5.01. The molecular formula is C10H16O4. The van der Waals surface area contributed by atoms with E-state index in [1.54, 1.807) is 6.92 Å². The molecule has 1 aliphatic heterocycles. The average Bonchev–Trinajstić information content (AvgIpc) is 2.56. The largest absolute Gasteiger partial charge is 0.466 e. The zero-order chi connectivity index (χ0) is 10.4. The van der Waals surface area contributed by atoms with Gasteiger partial charge in [-0.1, -0.05) is 0 Å². The Morgan fingerprint density at radius 3 is 2.86 bits per heavy atom. The fourth-order valence-corrected chi connectivity index (χ4v) is 1.50. The van der Waals surface area contributed by atoms with Crippen molar-refractivity contribution < 1.29 is 19.1 Å². The van der Waals surface area contributed by atoms with Gasteiger partial charge in [-0.3, -0.25) is 9.59 Å². The predicted octanol–water partition coefficient (Wildman–Crippen LogP) is 1.08. The maximum absolute atomic E-state index is 11.3. The molecule has 0 saturated carbocycles. The maximum atomic E-state index is 11.3. The second-order valence-corrected chi connectivity index (χ2v) is 3.36. The van der Waals surface area contributed by atoms with Gasteiger partial charge in [0.25, 0.3) is 0 Å². The van der Waals surface area contributed by atoms with Crippen LogP contribution in [0.5, 0.6) is 0 Å². The molecule has 1 saturated heterocycles. The van der Waals surface area contributed by atoms with E-state index in [0.717, 1.165) is 19.4 Å². The van der Waals surface area contributed by atoms with Crippen LogP contribution in [0.15, 0.2) is 0 Å². The van der Waals surface area contributed by atoms with Crippen LogP contribution in [0.3, 0.4) is 0 Å².